The van der Waals surface area contributed by atoms with Gasteiger partial charge in [-0.2, -0.15) is 13.2 Å². The SMILES string of the molecule is NC(=O)C(Cc1ccccc1C(F)(F)F)CC1(c2ccccn2)CCCCC1. The van der Waals surface area contributed by atoms with Gasteiger partial charge < -0.3 is 5.73 Å². The number of aromatic nitrogens is 1. The number of alkyl halides is 3. The first-order valence-electron chi connectivity index (χ1n) is 9.68. The summed E-state index contributed by atoms with van der Waals surface area (Å²) in [6.45, 7) is 0. The van der Waals surface area contributed by atoms with Crippen LogP contribution in [0.5, 0.6) is 0 Å². The fourth-order valence-corrected chi connectivity index (χ4v) is 4.46. The first-order chi connectivity index (χ1) is 13.3. The normalized spacial score (nSPS) is 17.8. The lowest BCUT2D eigenvalue weighted by Crippen LogP contribution is -2.37. The van der Waals surface area contributed by atoms with E-state index >= 15 is 0 Å². The van der Waals surface area contributed by atoms with Crippen molar-refractivity contribution < 1.29 is 18.0 Å². The highest BCUT2D eigenvalue weighted by Crippen LogP contribution is 2.44. The van der Waals surface area contributed by atoms with Gasteiger partial charge in [0.05, 0.1) is 5.56 Å². The van der Waals surface area contributed by atoms with Crippen LogP contribution in [0.25, 0.3) is 0 Å². The molecule has 0 spiro atoms. The molecule has 1 atom stereocenters. The summed E-state index contributed by atoms with van der Waals surface area (Å²) < 4.78 is 40.1. The van der Waals surface area contributed by atoms with Gasteiger partial charge in [0, 0.05) is 23.2 Å². The van der Waals surface area contributed by atoms with Crippen LogP contribution in [-0.4, -0.2) is 10.9 Å². The number of nitrogens with two attached hydrogens (primary N) is 1. The van der Waals surface area contributed by atoms with Crippen molar-refractivity contribution in [3.8, 4) is 0 Å². The number of pyridine rings is 1. The lowest BCUT2D eigenvalue weighted by molar-refractivity contribution is -0.138. The number of halogens is 3. The van der Waals surface area contributed by atoms with Crippen molar-refractivity contribution in [1.82, 2.24) is 4.98 Å². The molecule has 3 rings (SSSR count). The summed E-state index contributed by atoms with van der Waals surface area (Å²) >= 11 is 0. The highest BCUT2D eigenvalue weighted by Gasteiger charge is 2.40. The van der Waals surface area contributed by atoms with Crippen molar-refractivity contribution >= 4 is 5.91 Å². The van der Waals surface area contributed by atoms with E-state index in [1.165, 1.54) is 12.1 Å². The van der Waals surface area contributed by atoms with Crippen molar-refractivity contribution in [3.63, 3.8) is 0 Å². The first-order valence-corrected chi connectivity index (χ1v) is 9.68. The lowest BCUT2D eigenvalue weighted by Gasteiger charge is -2.39. The third-order valence-electron chi connectivity index (χ3n) is 5.85. The first kappa shape index (κ1) is 20.4. The van der Waals surface area contributed by atoms with Crippen LogP contribution in [0.3, 0.4) is 0 Å². The van der Waals surface area contributed by atoms with Gasteiger partial charge in [0.2, 0.25) is 5.91 Å². The van der Waals surface area contributed by atoms with Gasteiger partial charge in [-0.05, 0) is 49.4 Å². The molecular weight excluding hydrogens is 365 g/mol. The van der Waals surface area contributed by atoms with E-state index in [9.17, 15) is 18.0 Å². The molecule has 1 aliphatic carbocycles. The summed E-state index contributed by atoms with van der Waals surface area (Å²) in [4.78, 5) is 16.8. The predicted molar refractivity (Wildman–Crippen MR) is 101 cm³/mol. The Bertz CT molecular complexity index is 799. The van der Waals surface area contributed by atoms with Gasteiger partial charge in [0.25, 0.3) is 0 Å². The third-order valence-corrected chi connectivity index (χ3v) is 5.85. The predicted octanol–water partition coefficient (Wildman–Crippen LogP) is 5.04. The number of benzene rings is 1. The standard InChI is InChI=1S/C22H25F3N2O/c23-22(24,25)18-9-3-2-8-16(18)14-17(20(26)28)15-21(11-5-1-6-12-21)19-10-4-7-13-27-19/h2-4,7-10,13,17H,1,5-6,11-12,14-15H2,(H2,26,28). The van der Waals surface area contributed by atoms with E-state index in [4.69, 9.17) is 5.73 Å². The van der Waals surface area contributed by atoms with Gasteiger partial charge in [-0.25, -0.2) is 0 Å². The molecule has 1 heterocycles. The molecule has 1 aromatic heterocycles. The number of carbonyl (C=O) groups is 1. The monoisotopic (exact) mass is 390 g/mol. The smallest absolute Gasteiger partial charge is 0.369 e. The minimum absolute atomic E-state index is 0.0143. The fourth-order valence-electron chi connectivity index (χ4n) is 4.46. The molecule has 6 heteroatoms. The second kappa shape index (κ2) is 8.33. The van der Waals surface area contributed by atoms with E-state index < -0.39 is 23.6 Å². The van der Waals surface area contributed by atoms with Gasteiger partial charge in [-0.3, -0.25) is 9.78 Å². The van der Waals surface area contributed by atoms with Crippen molar-refractivity contribution in [1.29, 1.82) is 0 Å². The summed E-state index contributed by atoms with van der Waals surface area (Å²) in [5.41, 5.74) is 5.67. The zero-order valence-corrected chi connectivity index (χ0v) is 15.7. The molecule has 0 aliphatic heterocycles. The highest BCUT2D eigenvalue weighted by atomic mass is 19.4. The van der Waals surface area contributed by atoms with Gasteiger partial charge >= 0.3 is 6.18 Å². The Labute approximate surface area is 163 Å². The molecule has 150 valence electrons. The molecule has 1 aromatic carbocycles. The van der Waals surface area contributed by atoms with Crippen LogP contribution in [0.4, 0.5) is 13.2 Å². The van der Waals surface area contributed by atoms with Crippen LogP contribution >= 0.6 is 0 Å². The molecule has 0 saturated heterocycles. The number of carbonyl (C=O) groups excluding carboxylic acids is 1. The zero-order valence-electron chi connectivity index (χ0n) is 15.7. The zero-order chi connectivity index (χ0) is 20.2. The Kier molecular flexibility index (Phi) is 6.06. The Balaban J connectivity index is 1.92. The summed E-state index contributed by atoms with van der Waals surface area (Å²) in [5, 5.41) is 0. The van der Waals surface area contributed by atoms with Crippen molar-refractivity contribution in [2.24, 2.45) is 11.7 Å². The Morgan fingerprint density at radius 1 is 1.07 bits per heavy atom. The van der Waals surface area contributed by atoms with E-state index in [0.29, 0.717) is 6.42 Å². The Hall–Kier alpha value is -2.37. The van der Waals surface area contributed by atoms with E-state index in [1.54, 1.807) is 12.3 Å². The third kappa shape index (κ3) is 4.54. The van der Waals surface area contributed by atoms with E-state index in [-0.39, 0.29) is 17.4 Å². The number of hydrogen-bond acceptors (Lipinski definition) is 2. The molecule has 1 amide bonds. The molecule has 1 fully saturated rings. The number of hydrogen-bond donors (Lipinski definition) is 1. The second-order valence-corrected chi connectivity index (χ2v) is 7.72. The number of rotatable bonds is 6. The number of primary amides is 1. The van der Waals surface area contributed by atoms with Crippen molar-refractivity contribution in [2.45, 2.75) is 56.5 Å². The molecule has 1 unspecified atom stereocenters. The van der Waals surface area contributed by atoms with Crippen LogP contribution < -0.4 is 5.73 Å². The van der Waals surface area contributed by atoms with Crippen molar-refractivity contribution in [3.05, 3.63) is 65.5 Å². The van der Waals surface area contributed by atoms with E-state index in [1.807, 2.05) is 18.2 Å². The molecular formula is C22H25F3N2O. The average Bonchev–Trinajstić information content (AvgIpc) is 2.68. The quantitative estimate of drug-likeness (QED) is 0.752. The van der Waals surface area contributed by atoms with Crippen molar-refractivity contribution in [2.75, 3.05) is 0 Å². The van der Waals surface area contributed by atoms with Gasteiger partial charge in [0.15, 0.2) is 0 Å². The summed E-state index contributed by atoms with van der Waals surface area (Å²) in [5.74, 6) is -1.23. The average molecular weight is 390 g/mol. The Morgan fingerprint density at radius 3 is 2.36 bits per heavy atom. The molecule has 1 saturated carbocycles. The maximum Gasteiger partial charge on any atom is 0.416 e. The summed E-state index contributed by atoms with van der Waals surface area (Å²) in [6, 6.07) is 11.1. The molecule has 2 N–H and O–H groups in total. The number of nitrogens with zero attached hydrogens (tertiary/aromatic N) is 1. The summed E-state index contributed by atoms with van der Waals surface area (Å²) in [6.07, 6.45) is 2.57. The maximum absolute atomic E-state index is 13.4. The van der Waals surface area contributed by atoms with Gasteiger partial charge in [-0.1, -0.05) is 43.5 Å². The maximum atomic E-state index is 13.4. The molecule has 28 heavy (non-hydrogen) atoms. The molecule has 3 nitrogen and oxygen atoms in total. The lowest BCUT2D eigenvalue weighted by atomic mass is 9.66. The second-order valence-electron chi connectivity index (χ2n) is 7.72. The fraction of sp³-hybridized carbons (Fsp3) is 0.455. The minimum atomic E-state index is -4.46. The minimum Gasteiger partial charge on any atom is -0.369 e. The highest BCUT2D eigenvalue weighted by molar-refractivity contribution is 5.77. The Morgan fingerprint density at radius 2 is 1.75 bits per heavy atom. The van der Waals surface area contributed by atoms with Gasteiger partial charge in [0.1, 0.15) is 0 Å². The summed E-state index contributed by atoms with van der Waals surface area (Å²) in [7, 11) is 0. The van der Waals surface area contributed by atoms with Crippen LogP contribution in [0.1, 0.15) is 55.3 Å². The van der Waals surface area contributed by atoms with E-state index in [2.05, 4.69) is 4.98 Å². The molecule has 2 aromatic rings. The largest absolute Gasteiger partial charge is 0.416 e. The van der Waals surface area contributed by atoms with Crippen LogP contribution in [0, 0.1) is 5.92 Å². The molecule has 1 aliphatic rings. The number of amides is 1. The van der Waals surface area contributed by atoms with Gasteiger partial charge in [-0.15, -0.1) is 0 Å². The molecule has 0 bridgehead atoms. The topological polar surface area (TPSA) is 56.0 Å². The van der Waals surface area contributed by atoms with E-state index in [0.717, 1.165) is 43.9 Å². The van der Waals surface area contributed by atoms with Crippen LogP contribution in [0.15, 0.2) is 48.7 Å². The molecule has 0 radical (unpaired) electrons. The van der Waals surface area contributed by atoms with Crippen LogP contribution in [-0.2, 0) is 22.8 Å². The van der Waals surface area contributed by atoms with Crippen LogP contribution in [0.2, 0.25) is 0 Å².